The molecule has 0 amide bonds. The van der Waals surface area contributed by atoms with Crippen LogP contribution in [0.5, 0.6) is 0 Å². The molecule has 0 fully saturated rings. The lowest BCUT2D eigenvalue weighted by Crippen LogP contribution is -1.93. The molecular weight excluding hydrogens is 212 g/mol. The molecule has 0 aliphatic carbocycles. The van der Waals surface area contributed by atoms with E-state index in [1.54, 1.807) is 18.5 Å². The third-order valence-electron chi connectivity index (χ3n) is 2.43. The summed E-state index contributed by atoms with van der Waals surface area (Å²) in [7, 11) is 1.93. The number of nitrogens with zero attached hydrogens (tertiary/aromatic N) is 4. The second-order valence-electron chi connectivity index (χ2n) is 3.63. The van der Waals surface area contributed by atoms with Gasteiger partial charge in [-0.25, -0.2) is 9.98 Å². The van der Waals surface area contributed by atoms with Crippen molar-refractivity contribution in [1.82, 2.24) is 14.5 Å². The van der Waals surface area contributed by atoms with Crippen LogP contribution in [0.2, 0.25) is 0 Å². The summed E-state index contributed by atoms with van der Waals surface area (Å²) in [6, 6.07) is 5.76. The van der Waals surface area contributed by atoms with E-state index in [-0.39, 0.29) is 0 Å². The van der Waals surface area contributed by atoms with E-state index in [2.05, 4.69) is 21.5 Å². The average Bonchev–Trinajstić information content (AvgIpc) is 2.64. The molecule has 2 heterocycles. The van der Waals surface area contributed by atoms with Crippen LogP contribution in [0.15, 0.2) is 42.0 Å². The number of imidazole rings is 1. The molecular formula is C13H14N4. The van der Waals surface area contributed by atoms with Gasteiger partial charge in [0, 0.05) is 19.5 Å². The van der Waals surface area contributed by atoms with Crippen molar-refractivity contribution < 1.29 is 0 Å². The first-order valence-electron chi connectivity index (χ1n) is 5.34. The first-order chi connectivity index (χ1) is 8.24. The molecule has 86 valence electrons. The van der Waals surface area contributed by atoms with Crippen molar-refractivity contribution in [2.24, 2.45) is 12.0 Å². The first kappa shape index (κ1) is 11.3. The van der Waals surface area contributed by atoms with Gasteiger partial charge in [0.15, 0.2) is 11.6 Å². The molecule has 4 nitrogen and oxygen atoms in total. The van der Waals surface area contributed by atoms with E-state index >= 15 is 0 Å². The summed E-state index contributed by atoms with van der Waals surface area (Å²) in [6.07, 6.45) is 5.06. The number of allylic oxidation sites excluding steroid dienone is 1. The molecule has 0 atom stereocenters. The van der Waals surface area contributed by atoms with Gasteiger partial charge >= 0.3 is 0 Å². The van der Waals surface area contributed by atoms with Gasteiger partial charge in [-0.15, -0.1) is 0 Å². The molecule has 4 heteroatoms. The molecule has 0 radical (unpaired) electrons. The van der Waals surface area contributed by atoms with Crippen molar-refractivity contribution in [3.8, 4) is 11.5 Å². The van der Waals surface area contributed by atoms with Crippen molar-refractivity contribution in [1.29, 1.82) is 0 Å². The third-order valence-corrected chi connectivity index (χ3v) is 2.43. The number of aryl methyl sites for hydroxylation is 1. The Labute approximate surface area is 100 Å². The molecule has 2 rings (SSSR count). The molecule has 0 unspecified atom stereocenters. The van der Waals surface area contributed by atoms with Gasteiger partial charge in [-0.2, -0.15) is 0 Å². The van der Waals surface area contributed by atoms with Gasteiger partial charge in [0.1, 0.15) is 5.69 Å². The van der Waals surface area contributed by atoms with Crippen LogP contribution < -0.4 is 0 Å². The van der Waals surface area contributed by atoms with E-state index in [4.69, 9.17) is 0 Å². The van der Waals surface area contributed by atoms with E-state index in [1.807, 2.05) is 36.7 Å². The molecule has 0 aliphatic heterocycles. The zero-order valence-electron chi connectivity index (χ0n) is 9.96. The van der Waals surface area contributed by atoms with Crippen LogP contribution in [-0.2, 0) is 7.05 Å². The van der Waals surface area contributed by atoms with Crippen LogP contribution in [-0.4, -0.2) is 20.7 Å². The predicted molar refractivity (Wildman–Crippen MR) is 69.5 cm³/mol. The van der Waals surface area contributed by atoms with Gasteiger partial charge in [0.25, 0.3) is 0 Å². The van der Waals surface area contributed by atoms with Gasteiger partial charge in [-0.3, -0.25) is 4.98 Å². The highest BCUT2D eigenvalue weighted by molar-refractivity contribution is 5.74. The fraction of sp³-hybridized carbons (Fsp3) is 0.154. The summed E-state index contributed by atoms with van der Waals surface area (Å²) < 4.78 is 1.93. The van der Waals surface area contributed by atoms with Crippen molar-refractivity contribution in [2.75, 3.05) is 0 Å². The highest BCUT2D eigenvalue weighted by Gasteiger charge is 2.12. The predicted octanol–water partition coefficient (Wildman–Crippen LogP) is 2.68. The Bertz CT molecular complexity index is 552. The minimum atomic E-state index is 0.819. The van der Waals surface area contributed by atoms with Crippen LogP contribution in [0.4, 0.5) is 5.82 Å². The van der Waals surface area contributed by atoms with Crippen LogP contribution in [0.1, 0.15) is 5.69 Å². The zero-order valence-corrected chi connectivity index (χ0v) is 9.96. The second kappa shape index (κ2) is 4.74. The summed E-state index contributed by atoms with van der Waals surface area (Å²) in [5, 5.41) is 0. The van der Waals surface area contributed by atoms with E-state index in [1.165, 1.54) is 0 Å². The highest BCUT2D eigenvalue weighted by atomic mass is 15.1. The largest absolute Gasteiger partial charge is 0.311 e. The number of rotatable bonds is 3. The zero-order chi connectivity index (χ0) is 12.3. The molecule has 0 spiro atoms. The smallest absolute Gasteiger partial charge is 0.160 e. The normalized spacial score (nSPS) is 10.9. The number of aliphatic imine (C=N–C) groups is 1. The monoisotopic (exact) mass is 226 g/mol. The molecule has 2 aromatic heterocycles. The first-order valence-corrected chi connectivity index (χ1v) is 5.34. The molecule has 0 saturated heterocycles. The SMILES string of the molecule is C=C/C=N\c1c(C)nc(-c2ccccn2)n1C. The van der Waals surface area contributed by atoms with E-state index < -0.39 is 0 Å². The summed E-state index contributed by atoms with van der Waals surface area (Å²) in [6.45, 7) is 5.54. The van der Waals surface area contributed by atoms with Gasteiger partial charge in [-0.05, 0) is 19.1 Å². The summed E-state index contributed by atoms with van der Waals surface area (Å²) in [5.74, 6) is 1.64. The fourth-order valence-electron chi connectivity index (χ4n) is 1.65. The van der Waals surface area contributed by atoms with Crippen LogP contribution in [0.25, 0.3) is 11.5 Å². The second-order valence-corrected chi connectivity index (χ2v) is 3.63. The highest BCUT2D eigenvalue weighted by Crippen LogP contribution is 2.24. The minimum Gasteiger partial charge on any atom is -0.311 e. The standard InChI is InChI=1S/C13H14N4/c1-4-8-15-12-10(2)16-13(17(12)3)11-7-5-6-9-14-11/h4-9H,1H2,2-3H3/b15-8-. The lowest BCUT2D eigenvalue weighted by Gasteiger charge is -2.01. The van der Waals surface area contributed by atoms with E-state index in [9.17, 15) is 0 Å². The number of aromatic nitrogens is 3. The Morgan fingerprint density at radius 3 is 2.88 bits per heavy atom. The Morgan fingerprint density at radius 1 is 1.41 bits per heavy atom. The van der Waals surface area contributed by atoms with Crippen molar-refractivity contribution >= 4 is 12.0 Å². The molecule has 0 N–H and O–H groups in total. The molecule has 0 bridgehead atoms. The van der Waals surface area contributed by atoms with E-state index in [0.717, 1.165) is 23.0 Å². The van der Waals surface area contributed by atoms with Crippen LogP contribution in [0.3, 0.4) is 0 Å². The number of hydrogen-bond acceptors (Lipinski definition) is 3. The van der Waals surface area contributed by atoms with Gasteiger partial charge < -0.3 is 4.57 Å². The Morgan fingerprint density at radius 2 is 2.24 bits per heavy atom. The molecule has 0 saturated carbocycles. The fourth-order valence-corrected chi connectivity index (χ4v) is 1.65. The average molecular weight is 226 g/mol. The molecule has 0 aromatic carbocycles. The summed E-state index contributed by atoms with van der Waals surface area (Å²) in [5.41, 5.74) is 1.73. The van der Waals surface area contributed by atoms with Gasteiger partial charge in [-0.1, -0.05) is 18.7 Å². The lowest BCUT2D eigenvalue weighted by atomic mass is 10.3. The molecule has 17 heavy (non-hydrogen) atoms. The molecule has 2 aromatic rings. The Hall–Kier alpha value is -2.23. The topological polar surface area (TPSA) is 43.1 Å². The van der Waals surface area contributed by atoms with E-state index in [0.29, 0.717) is 0 Å². The maximum atomic E-state index is 4.49. The molecule has 0 aliphatic rings. The van der Waals surface area contributed by atoms with Crippen LogP contribution >= 0.6 is 0 Å². The number of pyridine rings is 1. The quantitative estimate of drug-likeness (QED) is 0.755. The lowest BCUT2D eigenvalue weighted by molar-refractivity contribution is 0.916. The minimum absolute atomic E-state index is 0.819. The van der Waals surface area contributed by atoms with Crippen LogP contribution in [0, 0.1) is 6.92 Å². The number of hydrogen-bond donors (Lipinski definition) is 0. The summed E-state index contributed by atoms with van der Waals surface area (Å²) in [4.78, 5) is 13.1. The van der Waals surface area contributed by atoms with Gasteiger partial charge in [0.05, 0.1) is 5.69 Å². The summed E-state index contributed by atoms with van der Waals surface area (Å²) >= 11 is 0. The maximum absolute atomic E-state index is 4.49. The van der Waals surface area contributed by atoms with Crippen molar-refractivity contribution in [3.05, 3.63) is 42.7 Å². The van der Waals surface area contributed by atoms with Crippen molar-refractivity contribution in [3.63, 3.8) is 0 Å². The van der Waals surface area contributed by atoms with Gasteiger partial charge in [0.2, 0.25) is 0 Å². The maximum Gasteiger partial charge on any atom is 0.160 e. The van der Waals surface area contributed by atoms with Crippen molar-refractivity contribution in [2.45, 2.75) is 6.92 Å². The Kier molecular flexibility index (Phi) is 3.14. The third kappa shape index (κ3) is 2.15. The Balaban J connectivity index is 2.51.